The largest absolute Gasteiger partial charge is 0.492 e. The first-order chi connectivity index (χ1) is 18.4. The van der Waals surface area contributed by atoms with Gasteiger partial charge in [-0.3, -0.25) is 9.52 Å². The normalized spacial score (nSPS) is 11.6. The number of benzene rings is 4. The number of nitrogens with one attached hydrogen (secondary N) is 2. The summed E-state index contributed by atoms with van der Waals surface area (Å²) in [6.07, 6.45) is 1.08. The van der Waals surface area contributed by atoms with Crippen LogP contribution in [-0.2, 0) is 16.6 Å². The molecule has 0 aliphatic heterocycles. The zero-order chi connectivity index (χ0) is 26.5. The molecular formula is C30H29N3O4S. The Morgan fingerprint density at radius 1 is 0.842 bits per heavy atom. The van der Waals surface area contributed by atoms with Crippen molar-refractivity contribution in [1.82, 2.24) is 9.88 Å². The van der Waals surface area contributed by atoms with Crippen LogP contribution in [0.25, 0.3) is 21.8 Å². The molecule has 5 aromatic rings. The van der Waals surface area contributed by atoms with Crippen molar-refractivity contribution in [2.24, 2.45) is 0 Å². The van der Waals surface area contributed by atoms with Crippen LogP contribution in [0, 0.1) is 0 Å². The summed E-state index contributed by atoms with van der Waals surface area (Å²) in [6.45, 7) is 1.84. The highest BCUT2D eigenvalue weighted by Gasteiger charge is 2.12. The predicted molar refractivity (Wildman–Crippen MR) is 153 cm³/mol. The predicted octanol–water partition coefficient (Wildman–Crippen LogP) is 5.07. The van der Waals surface area contributed by atoms with E-state index in [4.69, 9.17) is 4.74 Å². The fraction of sp³-hybridized carbons (Fsp3) is 0.167. The van der Waals surface area contributed by atoms with E-state index in [1.165, 1.54) is 21.9 Å². The summed E-state index contributed by atoms with van der Waals surface area (Å²) >= 11 is 0. The van der Waals surface area contributed by atoms with Gasteiger partial charge >= 0.3 is 0 Å². The number of ketones is 1. The lowest BCUT2D eigenvalue weighted by atomic mass is 10.1. The van der Waals surface area contributed by atoms with Gasteiger partial charge in [-0.1, -0.05) is 48.5 Å². The average molecular weight is 528 g/mol. The molecule has 0 saturated carbocycles. The van der Waals surface area contributed by atoms with Crippen molar-refractivity contribution in [3.05, 3.63) is 108 Å². The number of aromatic nitrogens is 1. The van der Waals surface area contributed by atoms with Gasteiger partial charge in [-0.25, -0.2) is 8.42 Å². The van der Waals surface area contributed by atoms with E-state index in [1.54, 1.807) is 24.3 Å². The van der Waals surface area contributed by atoms with Gasteiger partial charge in [-0.2, -0.15) is 0 Å². The Hall–Kier alpha value is -4.14. The van der Waals surface area contributed by atoms with Crippen LogP contribution in [0.2, 0.25) is 0 Å². The monoisotopic (exact) mass is 527 g/mol. The molecular weight excluding hydrogens is 498 g/mol. The van der Waals surface area contributed by atoms with E-state index < -0.39 is 10.0 Å². The molecule has 194 valence electrons. The molecule has 2 N–H and O–H groups in total. The van der Waals surface area contributed by atoms with E-state index in [0.717, 1.165) is 24.1 Å². The summed E-state index contributed by atoms with van der Waals surface area (Å²) < 4.78 is 33.4. The van der Waals surface area contributed by atoms with Crippen LogP contribution in [-0.4, -0.2) is 44.7 Å². The minimum absolute atomic E-state index is 0.0808. The second-order valence-electron chi connectivity index (χ2n) is 9.17. The number of sulfonamides is 1. The third kappa shape index (κ3) is 6.04. The molecule has 0 bridgehead atoms. The van der Waals surface area contributed by atoms with E-state index in [9.17, 15) is 13.2 Å². The fourth-order valence-electron chi connectivity index (χ4n) is 4.54. The van der Waals surface area contributed by atoms with Gasteiger partial charge in [0.05, 0.1) is 18.3 Å². The van der Waals surface area contributed by atoms with Crippen molar-refractivity contribution in [3.63, 3.8) is 0 Å². The van der Waals surface area contributed by atoms with Gasteiger partial charge in [0.2, 0.25) is 10.0 Å². The zero-order valence-electron chi connectivity index (χ0n) is 21.1. The summed E-state index contributed by atoms with van der Waals surface area (Å²) in [5.41, 5.74) is 4.46. The Bertz CT molecular complexity index is 1680. The number of rotatable bonds is 11. The third-order valence-corrected chi connectivity index (χ3v) is 6.88. The van der Waals surface area contributed by atoms with Crippen molar-refractivity contribution in [2.75, 3.05) is 30.7 Å². The smallest absolute Gasteiger partial charge is 0.229 e. The number of hydrogen-bond donors (Lipinski definition) is 2. The number of ether oxygens (including phenoxy) is 1. The number of carbonyl (C=O) groups excluding carboxylic acids is 1. The Labute approximate surface area is 222 Å². The maximum absolute atomic E-state index is 12.4. The van der Waals surface area contributed by atoms with Gasteiger partial charge in [-0.15, -0.1) is 0 Å². The summed E-state index contributed by atoms with van der Waals surface area (Å²) in [5, 5.41) is 5.52. The molecule has 7 nitrogen and oxygen atoms in total. The highest BCUT2D eigenvalue weighted by atomic mass is 32.2. The standard InChI is InChI=1S/C30H29N3O4S/c1-38(35,36)32-24-13-11-23(12-14-24)30(34)20-31-17-18-37-25-15-16-27-26-9-5-6-10-28(26)33(29(27)19-25)21-22-7-3-2-4-8-22/h2-16,19,31-32H,17-18,20-21H2,1H3. The Kier molecular flexibility index (Phi) is 7.44. The minimum Gasteiger partial charge on any atom is -0.492 e. The molecule has 0 saturated heterocycles. The number of para-hydroxylation sites is 1. The maximum Gasteiger partial charge on any atom is 0.229 e. The highest BCUT2D eigenvalue weighted by Crippen LogP contribution is 2.32. The van der Waals surface area contributed by atoms with Gasteiger partial charge in [-0.05, 0) is 48.0 Å². The van der Waals surface area contributed by atoms with Gasteiger partial charge < -0.3 is 14.6 Å². The van der Waals surface area contributed by atoms with Crippen LogP contribution >= 0.6 is 0 Å². The number of hydrogen-bond acceptors (Lipinski definition) is 5. The molecule has 0 amide bonds. The second kappa shape index (κ2) is 11.1. The maximum atomic E-state index is 12.4. The number of fused-ring (bicyclic) bond motifs is 3. The van der Waals surface area contributed by atoms with Gasteiger partial charge in [0.15, 0.2) is 5.78 Å². The summed E-state index contributed by atoms with van der Waals surface area (Å²) in [7, 11) is -3.35. The van der Waals surface area contributed by atoms with E-state index in [2.05, 4.69) is 75.3 Å². The lowest BCUT2D eigenvalue weighted by Gasteiger charge is -2.10. The molecule has 0 atom stereocenters. The summed E-state index contributed by atoms with van der Waals surface area (Å²) in [5.74, 6) is 0.694. The SMILES string of the molecule is CS(=O)(=O)Nc1ccc(C(=O)CNCCOc2ccc3c4ccccc4n(Cc4ccccc4)c3c2)cc1. The van der Waals surface area contributed by atoms with E-state index in [-0.39, 0.29) is 12.3 Å². The number of nitrogens with zero attached hydrogens (tertiary/aromatic N) is 1. The first kappa shape index (κ1) is 25.5. The first-order valence-corrected chi connectivity index (χ1v) is 14.3. The van der Waals surface area contributed by atoms with Crippen molar-refractivity contribution < 1.29 is 17.9 Å². The van der Waals surface area contributed by atoms with Gasteiger partial charge in [0, 0.05) is 46.7 Å². The van der Waals surface area contributed by atoms with Gasteiger partial charge in [0.25, 0.3) is 0 Å². The van der Waals surface area contributed by atoms with Crippen LogP contribution in [0.1, 0.15) is 15.9 Å². The van der Waals surface area contributed by atoms with Gasteiger partial charge in [0.1, 0.15) is 12.4 Å². The fourth-order valence-corrected chi connectivity index (χ4v) is 5.10. The van der Waals surface area contributed by atoms with Crippen molar-refractivity contribution in [2.45, 2.75) is 6.54 Å². The van der Waals surface area contributed by atoms with Crippen LogP contribution in [0.4, 0.5) is 5.69 Å². The molecule has 0 fully saturated rings. The first-order valence-electron chi connectivity index (χ1n) is 12.4. The molecule has 0 aliphatic rings. The molecule has 38 heavy (non-hydrogen) atoms. The van der Waals surface area contributed by atoms with Crippen molar-refractivity contribution in [3.8, 4) is 5.75 Å². The summed E-state index contributed by atoms with van der Waals surface area (Å²) in [6, 6.07) is 31.4. The van der Waals surface area contributed by atoms with Crippen LogP contribution in [0.3, 0.4) is 0 Å². The van der Waals surface area contributed by atoms with E-state index in [0.29, 0.717) is 24.4 Å². The molecule has 0 unspecified atom stereocenters. The molecule has 0 radical (unpaired) electrons. The van der Waals surface area contributed by atoms with E-state index >= 15 is 0 Å². The number of carbonyl (C=O) groups is 1. The van der Waals surface area contributed by atoms with E-state index in [1.807, 2.05) is 12.1 Å². The molecule has 1 heterocycles. The summed E-state index contributed by atoms with van der Waals surface area (Å²) in [4.78, 5) is 12.4. The van der Waals surface area contributed by atoms with Crippen LogP contribution in [0.15, 0.2) is 97.1 Å². The lowest BCUT2D eigenvalue weighted by molar-refractivity contribution is 0.0990. The molecule has 4 aromatic carbocycles. The van der Waals surface area contributed by atoms with Crippen LogP contribution < -0.4 is 14.8 Å². The lowest BCUT2D eigenvalue weighted by Crippen LogP contribution is -2.27. The zero-order valence-corrected chi connectivity index (χ0v) is 21.9. The Morgan fingerprint density at radius 2 is 1.55 bits per heavy atom. The molecule has 8 heteroatoms. The molecule has 0 spiro atoms. The molecule has 1 aromatic heterocycles. The van der Waals surface area contributed by atoms with Crippen LogP contribution in [0.5, 0.6) is 5.75 Å². The number of anilines is 1. The quantitative estimate of drug-likeness (QED) is 0.185. The Balaban J connectivity index is 1.20. The van der Waals surface area contributed by atoms with Crippen molar-refractivity contribution in [1.29, 1.82) is 0 Å². The highest BCUT2D eigenvalue weighted by molar-refractivity contribution is 7.92. The third-order valence-electron chi connectivity index (χ3n) is 6.27. The Morgan fingerprint density at radius 3 is 2.32 bits per heavy atom. The molecule has 5 rings (SSSR count). The second-order valence-corrected chi connectivity index (χ2v) is 10.9. The minimum atomic E-state index is -3.35. The average Bonchev–Trinajstić information content (AvgIpc) is 3.21. The molecule has 0 aliphatic carbocycles. The number of Topliss-reactive ketones (excluding diaryl/α,β-unsaturated/α-hetero) is 1. The topological polar surface area (TPSA) is 89.4 Å². The van der Waals surface area contributed by atoms with Crippen molar-refractivity contribution >= 4 is 43.3 Å².